The second-order valence-corrected chi connectivity index (χ2v) is 5.06. The van der Waals surface area contributed by atoms with Crippen LogP contribution >= 0.6 is 22.6 Å². The second-order valence-electron chi connectivity index (χ2n) is 3.90. The highest BCUT2D eigenvalue weighted by Crippen LogP contribution is 2.29. The Kier molecular flexibility index (Phi) is 4.43. The summed E-state index contributed by atoms with van der Waals surface area (Å²) in [5.41, 5.74) is 6.70. The molecule has 94 valence electrons. The topological polar surface area (TPSA) is 55.5 Å². The number of hydrogen-bond acceptors (Lipinski definition) is 3. The number of phenolic OH excluding ortho intramolecular Hbond substituents is 1. The summed E-state index contributed by atoms with van der Waals surface area (Å²) >= 11 is 2.13. The minimum Gasteiger partial charge on any atom is -0.508 e. The van der Waals surface area contributed by atoms with Gasteiger partial charge in [0.1, 0.15) is 17.2 Å². The third-order valence-electron chi connectivity index (χ3n) is 2.50. The normalized spacial score (nSPS) is 10.3. The van der Waals surface area contributed by atoms with Gasteiger partial charge in [0.05, 0.1) is 3.57 Å². The van der Waals surface area contributed by atoms with Crippen molar-refractivity contribution in [3.05, 3.63) is 51.6 Å². The number of halogens is 1. The third-order valence-corrected chi connectivity index (χ3v) is 3.34. The summed E-state index contributed by atoms with van der Waals surface area (Å²) in [5, 5.41) is 9.33. The van der Waals surface area contributed by atoms with Crippen molar-refractivity contribution in [1.82, 2.24) is 0 Å². The first kappa shape index (κ1) is 13.2. The van der Waals surface area contributed by atoms with Gasteiger partial charge in [0.15, 0.2) is 0 Å². The lowest BCUT2D eigenvalue weighted by Crippen LogP contribution is -2.02. The van der Waals surface area contributed by atoms with Crippen molar-refractivity contribution in [2.24, 2.45) is 5.73 Å². The molecule has 4 heteroatoms. The molecule has 2 aromatic carbocycles. The highest BCUT2D eigenvalue weighted by Gasteiger charge is 2.03. The number of rotatable bonds is 4. The van der Waals surface area contributed by atoms with Crippen molar-refractivity contribution in [3.8, 4) is 17.2 Å². The third kappa shape index (κ3) is 3.36. The maximum Gasteiger partial charge on any atom is 0.141 e. The summed E-state index contributed by atoms with van der Waals surface area (Å²) < 4.78 is 6.62. The Morgan fingerprint density at radius 2 is 1.83 bits per heavy atom. The lowest BCUT2D eigenvalue weighted by atomic mass is 10.1. The molecule has 0 atom stereocenters. The summed E-state index contributed by atoms with van der Waals surface area (Å²) in [6.07, 6.45) is 0.872. The average molecular weight is 355 g/mol. The molecule has 0 aliphatic rings. The second kappa shape index (κ2) is 6.06. The number of nitrogens with two attached hydrogens (primary N) is 1. The zero-order valence-electron chi connectivity index (χ0n) is 9.77. The quantitative estimate of drug-likeness (QED) is 0.828. The molecule has 0 saturated carbocycles. The van der Waals surface area contributed by atoms with E-state index in [1.54, 1.807) is 18.2 Å². The Hall–Kier alpha value is -1.27. The van der Waals surface area contributed by atoms with Gasteiger partial charge >= 0.3 is 0 Å². The van der Waals surface area contributed by atoms with E-state index in [-0.39, 0.29) is 5.75 Å². The highest BCUT2D eigenvalue weighted by molar-refractivity contribution is 14.1. The van der Waals surface area contributed by atoms with E-state index < -0.39 is 0 Å². The summed E-state index contributed by atoms with van der Waals surface area (Å²) in [4.78, 5) is 0. The number of ether oxygens (including phenoxy) is 1. The Balaban J connectivity index is 2.13. The van der Waals surface area contributed by atoms with E-state index in [1.165, 1.54) is 5.56 Å². The molecular weight excluding hydrogens is 341 g/mol. The molecule has 0 saturated heterocycles. The molecule has 0 radical (unpaired) electrons. The van der Waals surface area contributed by atoms with Gasteiger partial charge in [0.2, 0.25) is 0 Å². The highest BCUT2D eigenvalue weighted by atomic mass is 127. The summed E-state index contributed by atoms with van der Waals surface area (Å²) in [7, 11) is 0. The van der Waals surface area contributed by atoms with Crippen LogP contribution < -0.4 is 10.5 Å². The Morgan fingerprint density at radius 3 is 2.44 bits per heavy atom. The van der Waals surface area contributed by atoms with Crippen LogP contribution in [0.5, 0.6) is 17.2 Å². The Labute approximate surface area is 120 Å². The smallest absolute Gasteiger partial charge is 0.141 e. The van der Waals surface area contributed by atoms with Crippen LogP contribution in [0.2, 0.25) is 0 Å². The predicted octanol–water partition coefficient (Wildman–Crippen LogP) is 3.29. The lowest BCUT2D eigenvalue weighted by Gasteiger charge is -2.08. The van der Waals surface area contributed by atoms with Crippen LogP contribution in [0.1, 0.15) is 5.56 Å². The zero-order valence-corrected chi connectivity index (χ0v) is 11.9. The van der Waals surface area contributed by atoms with Gasteiger partial charge in [0, 0.05) is 0 Å². The lowest BCUT2D eigenvalue weighted by molar-refractivity contribution is 0.461. The standard InChI is InChI=1S/C14H14INO2/c15-13-9-11(17)3-6-14(13)18-12-4-1-10(2-5-12)7-8-16/h1-6,9,17H,7-8,16H2. The van der Waals surface area contributed by atoms with E-state index in [2.05, 4.69) is 22.6 Å². The minimum absolute atomic E-state index is 0.241. The average Bonchev–Trinajstić information content (AvgIpc) is 2.35. The van der Waals surface area contributed by atoms with Crippen molar-refractivity contribution >= 4 is 22.6 Å². The number of hydrogen-bond donors (Lipinski definition) is 2. The van der Waals surface area contributed by atoms with Crippen molar-refractivity contribution in [2.75, 3.05) is 6.54 Å². The summed E-state index contributed by atoms with van der Waals surface area (Å²) in [6, 6.07) is 12.9. The first-order valence-corrected chi connectivity index (χ1v) is 6.72. The number of aromatic hydroxyl groups is 1. The molecular formula is C14H14INO2. The van der Waals surface area contributed by atoms with Crippen molar-refractivity contribution in [2.45, 2.75) is 6.42 Å². The number of benzene rings is 2. The van der Waals surface area contributed by atoms with Crippen LogP contribution in [0.3, 0.4) is 0 Å². The fourth-order valence-electron chi connectivity index (χ4n) is 1.59. The molecule has 3 N–H and O–H groups in total. The van der Waals surface area contributed by atoms with Gasteiger partial charge in [-0.05, 0) is 71.5 Å². The first-order chi connectivity index (χ1) is 8.69. The van der Waals surface area contributed by atoms with Crippen LogP contribution in [0.25, 0.3) is 0 Å². The Morgan fingerprint density at radius 1 is 1.11 bits per heavy atom. The molecule has 0 amide bonds. The first-order valence-electron chi connectivity index (χ1n) is 5.64. The molecule has 2 rings (SSSR count). The van der Waals surface area contributed by atoms with Gasteiger partial charge in [-0.25, -0.2) is 0 Å². The summed E-state index contributed by atoms with van der Waals surface area (Å²) in [5.74, 6) is 1.75. The molecule has 0 spiro atoms. The molecule has 0 aliphatic carbocycles. The summed E-state index contributed by atoms with van der Waals surface area (Å²) in [6.45, 7) is 0.649. The molecule has 0 heterocycles. The molecule has 0 unspecified atom stereocenters. The fraction of sp³-hybridized carbons (Fsp3) is 0.143. The number of phenols is 1. The van der Waals surface area contributed by atoms with Gasteiger partial charge in [0.25, 0.3) is 0 Å². The molecule has 18 heavy (non-hydrogen) atoms. The van der Waals surface area contributed by atoms with Crippen LogP contribution in [-0.4, -0.2) is 11.7 Å². The van der Waals surface area contributed by atoms with E-state index in [4.69, 9.17) is 10.5 Å². The maximum absolute atomic E-state index is 9.33. The van der Waals surface area contributed by atoms with Gasteiger partial charge in [-0.3, -0.25) is 0 Å². The van der Waals surface area contributed by atoms with E-state index in [1.807, 2.05) is 24.3 Å². The van der Waals surface area contributed by atoms with Crippen LogP contribution in [0, 0.1) is 3.57 Å². The van der Waals surface area contributed by atoms with Crippen LogP contribution in [-0.2, 0) is 6.42 Å². The fourth-order valence-corrected chi connectivity index (χ4v) is 2.20. The molecule has 0 fully saturated rings. The van der Waals surface area contributed by atoms with Gasteiger partial charge in [-0.1, -0.05) is 12.1 Å². The SMILES string of the molecule is NCCc1ccc(Oc2ccc(O)cc2I)cc1. The largest absolute Gasteiger partial charge is 0.508 e. The zero-order chi connectivity index (χ0) is 13.0. The molecule has 3 nitrogen and oxygen atoms in total. The molecule has 0 aromatic heterocycles. The van der Waals surface area contributed by atoms with Crippen molar-refractivity contribution < 1.29 is 9.84 Å². The van der Waals surface area contributed by atoms with Crippen LogP contribution in [0.15, 0.2) is 42.5 Å². The Bertz CT molecular complexity index is 526. The van der Waals surface area contributed by atoms with E-state index in [0.29, 0.717) is 6.54 Å². The molecule has 0 bridgehead atoms. The maximum atomic E-state index is 9.33. The van der Waals surface area contributed by atoms with Crippen LogP contribution in [0.4, 0.5) is 0 Å². The van der Waals surface area contributed by atoms with Crippen molar-refractivity contribution in [3.63, 3.8) is 0 Å². The van der Waals surface area contributed by atoms with E-state index >= 15 is 0 Å². The minimum atomic E-state index is 0.241. The molecule has 2 aromatic rings. The van der Waals surface area contributed by atoms with Gasteiger partial charge in [-0.2, -0.15) is 0 Å². The van der Waals surface area contributed by atoms with E-state index in [9.17, 15) is 5.11 Å². The van der Waals surface area contributed by atoms with Crippen molar-refractivity contribution in [1.29, 1.82) is 0 Å². The van der Waals surface area contributed by atoms with Gasteiger partial charge < -0.3 is 15.6 Å². The monoisotopic (exact) mass is 355 g/mol. The van der Waals surface area contributed by atoms with E-state index in [0.717, 1.165) is 21.5 Å². The van der Waals surface area contributed by atoms with Gasteiger partial charge in [-0.15, -0.1) is 0 Å². The predicted molar refractivity (Wildman–Crippen MR) is 80.1 cm³/mol. The molecule has 0 aliphatic heterocycles.